The third kappa shape index (κ3) is 4.67. The molecule has 4 rings (SSSR count). The van der Waals surface area contributed by atoms with Crippen LogP contribution >= 0.6 is 0 Å². The van der Waals surface area contributed by atoms with Gasteiger partial charge in [-0.25, -0.2) is 0 Å². The molecule has 2 aliphatic carbocycles. The molecule has 0 unspecified atom stereocenters. The van der Waals surface area contributed by atoms with Gasteiger partial charge in [-0.1, -0.05) is 30.3 Å². The number of nitro benzene ring substituents is 1. The lowest BCUT2D eigenvalue weighted by Crippen LogP contribution is -2.01. The summed E-state index contributed by atoms with van der Waals surface area (Å²) in [5.74, 6) is 0.356. The number of hydrogen-bond acceptors (Lipinski definition) is 4. The van der Waals surface area contributed by atoms with Crippen molar-refractivity contribution in [3.8, 4) is 0 Å². The molecule has 2 aromatic rings. The molecule has 140 valence electrons. The van der Waals surface area contributed by atoms with Gasteiger partial charge in [-0.2, -0.15) is 0 Å². The molecule has 2 aromatic carbocycles. The smallest absolute Gasteiger partial charge is 0.270 e. The van der Waals surface area contributed by atoms with Gasteiger partial charge < -0.3 is 0 Å². The highest BCUT2D eigenvalue weighted by Crippen LogP contribution is 2.24. The van der Waals surface area contributed by atoms with Crippen LogP contribution in [-0.2, 0) is 12.8 Å². The van der Waals surface area contributed by atoms with Crippen LogP contribution in [0.25, 0.3) is 0 Å². The summed E-state index contributed by atoms with van der Waals surface area (Å²) in [7, 11) is 0. The molecule has 0 amide bonds. The second-order valence-corrected chi connectivity index (χ2v) is 7.02. The number of fused-ring (bicyclic) bond motifs is 2. The van der Waals surface area contributed by atoms with E-state index in [0.717, 1.165) is 56.1 Å². The Bertz CT molecular complexity index is 872. The third-order valence-electron chi connectivity index (χ3n) is 5.12. The number of aryl methyl sites for hydroxylation is 2. The number of benzene rings is 2. The zero-order valence-corrected chi connectivity index (χ0v) is 15.3. The Hall–Kier alpha value is -2.82. The fourth-order valence-electron chi connectivity index (χ4n) is 3.64. The van der Waals surface area contributed by atoms with Crippen LogP contribution in [0.2, 0.25) is 0 Å². The predicted molar refractivity (Wildman–Crippen MR) is 103 cm³/mol. The second-order valence-electron chi connectivity index (χ2n) is 7.02. The van der Waals surface area contributed by atoms with E-state index in [1.165, 1.54) is 17.7 Å². The van der Waals surface area contributed by atoms with Gasteiger partial charge in [-0.05, 0) is 49.7 Å². The average molecular weight is 365 g/mol. The van der Waals surface area contributed by atoms with Crippen molar-refractivity contribution in [3.05, 3.63) is 74.8 Å². The van der Waals surface area contributed by atoms with Gasteiger partial charge in [0.25, 0.3) is 5.69 Å². The van der Waals surface area contributed by atoms with Crippen molar-refractivity contribution in [3.63, 3.8) is 0 Å². The molecule has 5 nitrogen and oxygen atoms in total. The van der Waals surface area contributed by atoms with Gasteiger partial charge in [0.05, 0.1) is 4.92 Å². The number of nitrogens with zero attached hydrogens (tertiary/aromatic N) is 1. The molecule has 0 saturated heterocycles. The number of ketones is 2. The monoisotopic (exact) mass is 365 g/mol. The molecular formula is C22H23NO4. The molecule has 0 saturated carbocycles. The van der Waals surface area contributed by atoms with Crippen LogP contribution in [0.4, 0.5) is 5.69 Å². The molecule has 0 bridgehead atoms. The second kappa shape index (κ2) is 8.71. The summed E-state index contributed by atoms with van der Waals surface area (Å²) in [5.41, 5.74) is 3.68. The number of carbonyl (C=O) groups is 2. The van der Waals surface area contributed by atoms with E-state index in [0.29, 0.717) is 17.8 Å². The minimum Gasteiger partial charge on any atom is -0.294 e. The van der Waals surface area contributed by atoms with Crippen molar-refractivity contribution in [2.24, 2.45) is 0 Å². The van der Waals surface area contributed by atoms with Crippen LogP contribution in [0.1, 0.15) is 70.4 Å². The highest BCUT2D eigenvalue weighted by Gasteiger charge is 2.18. The Balaban J connectivity index is 0.000000159. The summed E-state index contributed by atoms with van der Waals surface area (Å²) in [6.45, 7) is 0. The Kier molecular flexibility index (Phi) is 6.12. The lowest BCUT2D eigenvalue weighted by atomic mass is 10.0. The zero-order valence-electron chi connectivity index (χ0n) is 15.3. The lowest BCUT2D eigenvalue weighted by Gasteiger charge is -2.03. The van der Waals surface area contributed by atoms with E-state index in [1.54, 1.807) is 6.07 Å². The van der Waals surface area contributed by atoms with Crippen molar-refractivity contribution in [2.75, 3.05) is 0 Å². The average Bonchev–Trinajstić information content (AvgIpc) is 2.98. The standard InChI is InChI=1S/C11H11NO3.C11H12O/c13-11-4-2-1-3-8-5-6-9(12(14)15)7-10(8)11;12-11-8-4-2-6-9-5-1-3-7-10(9)11/h5-7H,1-4H2;1,3,5,7H,2,4,6,8H2. The van der Waals surface area contributed by atoms with Crippen LogP contribution < -0.4 is 0 Å². The molecule has 0 heterocycles. The van der Waals surface area contributed by atoms with Gasteiger partial charge in [-0.15, -0.1) is 0 Å². The first-order valence-electron chi connectivity index (χ1n) is 9.48. The van der Waals surface area contributed by atoms with E-state index < -0.39 is 4.92 Å². The molecule has 27 heavy (non-hydrogen) atoms. The number of carbonyl (C=O) groups excluding carboxylic acids is 2. The largest absolute Gasteiger partial charge is 0.294 e. The number of nitro groups is 1. The van der Waals surface area contributed by atoms with E-state index in [2.05, 4.69) is 6.07 Å². The van der Waals surface area contributed by atoms with Crippen molar-refractivity contribution in [2.45, 2.75) is 51.4 Å². The van der Waals surface area contributed by atoms with Crippen LogP contribution in [0.3, 0.4) is 0 Å². The summed E-state index contributed by atoms with van der Waals surface area (Å²) in [4.78, 5) is 33.3. The normalized spacial score (nSPS) is 16.1. The maximum Gasteiger partial charge on any atom is 0.270 e. The maximum atomic E-state index is 11.7. The van der Waals surface area contributed by atoms with Gasteiger partial charge in [-0.3, -0.25) is 19.7 Å². The number of rotatable bonds is 1. The minimum absolute atomic E-state index is 0.00370. The fraction of sp³-hybridized carbons (Fsp3) is 0.364. The number of Topliss-reactive ketones (excluding diaryl/α,β-unsaturated/α-hetero) is 2. The third-order valence-corrected chi connectivity index (χ3v) is 5.12. The molecule has 0 atom stereocenters. The van der Waals surface area contributed by atoms with Gasteiger partial charge in [0.1, 0.15) is 0 Å². The van der Waals surface area contributed by atoms with Gasteiger partial charge in [0.2, 0.25) is 0 Å². The molecule has 0 radical (unpaired) electrons. The van der Waals surface area contributed by atoms with Crippen LogP contribution in [0, 0.1) is 10.1 Å². The van der Waals surface area contributed by atoms with Crippen LogP contribution in [0.5, 0.6) is 0 Å². The van der Waals surface area contributed by atoms with E-state index in [-0.39, 0.29) is 11.5 Å². The topological polar surface area (TPSA) is 77.3 Å². The highest BCUT2D eigenvalue weighted by molar-refractivity contribution is 5.98. The quantitative estimate of drug-likeness (QED) is 0.400. The Labute approximate surface area is 158 Å². The molecule has 5 heteroatoms. The van der Waals surface area contributed by atoms with E-state index >= 15 is 0 Å². The van der Waals surface area contributed by atoms with E-state index in [9.17, 15) is 19.7 Å². The number of non-ortho nitro benzene ring substituents is 1. The Morgan fingerprint density at radius 3 is 1.93 bits per heavy atom. The molecule has 2 aliphatic rings. The molecule has 0 aromatic heterocycles. The first-order chi connectivity index (χ1) is 13.1. The summed E-state index contributed by atoms with van der Waals surface area (Å²) in [6.07, 6.45) is 7.22. The molecule has 0 aliphatic heterocycles. The van der Waals surface area contributed by atoms with Gasteiger partial charge in [0, 0.05) is 36.1 Å². The van der Waals surface area contributed by atoms with Crippen molar-refractivity contribution in [1.29, 1.82) is 0 Å². The van der Waals surface area contributed by atoms with Crippen molar-refractivity contribution < 1.29 is 14.5 Å². The first kappa shape index (κ1) is 19.0. The Morgan fingerprint density at radius 2 is 1.26 bits per heavy atom. The number of hydrogen-bond donors (Lipinski definition) is 0. The summed E-state index contributed by atoms with van der Waals surface area (Å²) >= 11 is 0. The highest BCUT2D eigenvalue weighted by atomic mass is 16.6. The predicted octanol–water partition coefficient (Wildman–Crippen LogP) is 5.10. The fourth-order valence-corrected chi connectivity index (χ4v) is 3.64. The molecule has 0 N–H and O–H groups in total. The van der Waals surface area contributed by atoms with Crippen molar-refractivity contribution in [1.82, 2.24) is 0 Å². The SMILES string of the molecule is O=C1CCCCc2ccc([N+](=O)[O-])cc21.O=C1CCCCc2ccccc21. The summed E-state index contributed by atoms with van der Waals surface area (Å²) in [6, 6.07) is 12.6. The lowest BCUT2D eigenvalue weighted by molar-refractivity contribution is -0.384. The maximum absolute atomic E-state index is 11.7. The van der Waals surface area contributed by atoms with Crippen LogP contribution in [-0.4, -0.2) is 16.5 Å². The molecule has 0 fully saturated rings. The molecular weight excluding hydrogens is 342 g/mol. The zero-order chi connectivity index (χ0) is 19.2. The first-order valence-corrected chi connectivity index (χ1v) is 9.48. The van der Waals surface area contributed by atoms with Crippen molar-refractivity contribution >= 4 is 17.3 Å². The van der Waals surface area contributed by atoms with Gasteiger partial charge in [0.15, 0.2) is 11.6 Å². The van der Waals surface area contributed by atoms with E-state index in [1.807, 2.05) is 18.2 Å². The minimum atomic E-state index is -0.460. The summed E-state index contributed by atoms with van der Waals surface area (Å²) < 4.78 is 0. The van der Waals surface area contributed by atoms with Crippen LogP contribution in [0.15, 0.2) is 42.5 Å². The molecule has 0 spiro atoms. The summed E-state index contributed by atoms with van der Waals surface area (Å²) in [5, 5.41) is 10.6. The van der Waals surface area contributed by atoms with E-state index in [4.69, 9.17) is 0 Å². The Morgan fingerprint density at radius 1 is 0.704 bits per heavy atom. The van der Waals surface area contributed by atoms with Gasteiger partial charge >= 0.3 is 0 Å².